The van der Waals surface area contributed by atoms with Gasteiger partial charge in [0, 0.05) is 24.6 Å². The summed E-state index contributed by atoms with van der Waals surface area (Å²) < 4.78 is 5.95. The first-order chi connectivity index (χ1) is 11.2. The molecule has 23 heavy (non-hydrogen) atoms. The van der Waals surface area contributed by atoms with Gasteiger partial charge in [-0.2, -0.15) is 0 Å². The van der Waals surface area contributed by atoms with E-state index >= 15 is 0 Å². The van der Waals surface area contributed by atoms with E-state index in [1.807, 2.05) is 30.3 Å². The van der Waals surface area contributed by atoms with Gasteiger partial charge in [-0.1, -0.05) is 18.2 Å². The van der Waals surface area contributed by atoms with E-state index in [1.165, 1.54) is 0 Å². The molecule has 1 aromatic carbocycles. The highest BCUT2D eigenvalue weighted by Crippen LogP contribution is 2.43. The molecule has 0 atom stereocenters. The maximum absolute atomic E-state index is 12.8. The summed E-state index contributed by atoms with van der Waals surface area (Å²) in [6, 6.07) is 9.69. The molecule has 2 fully saturated rings. The fourth-order valence-electron chi connectivity index (χ4n) is 3.03. The topological polar surface area (TPSA) is 66.6 Å². The molecule has 2 aromatic rings. The molecule has 120 valence electrons. The van der Waals surface area contributed by atoms with Crippen molar-refractivity contribution >= 4 is 5.91 Å². The van der Waals surface area contributed by atoms with Crippen LogP contribution in [0, 0.1) is 0 Å². The molecule has 0 radical (unpaired) electrons. The molecule has 5 heteroatoms. The second-order valence-corrected chi connectivity index (χ2v) is 6.40. The van der Waals surface area contributed by atoms with Gasteiger partial charge in [0.15, 0.2) is 5.69 Å². The number of rotatable bonds is 3. The third-order valence-electron chi connectivity index (χ3n) is 4.58. The van der Waals surface area contributed by atoms with Crippen molar-refractivity contribution in [3.8, 4) is 11.5 Å². The average molecular weight is 312 g/mol. The SMILES string of the molecule is O=C(c1nc(-c2ccccc2)oc1C1CC1)N1CCC(O)CC1. The first kappa shape index (κ1) is 14.5. The first-order valence-electron chi connectivity index (χ1n) is 8.26. The van der Waals surface area contributed by atoms with Crippen LogP contribution in [0.3, 0.4) is 0 Å². The van der Waals surface area contributed by atoms with E-state index in [-0.39, 0.29) is 12.0 Å². The first-order valence-corrected chi connectivity index (χ1v) is 8.26. The summed E-state index contributed by atoms with van der Waals surface area (Å²) in [6.45, 7) is 1.16. The number of benzene rings is 1. The van der Waals surface area contributed by atoms with Crippen molar-refractivity contribution in [1.29, 1.82) is 0 Å². The number of likely N-dealkylation sites (tertiary alicyclic amines) is 1. The predicted molar refractivity (Wildman–Crippen MR) is 85.1 cm³/mol. The number of piperidine rings is 1. The summed E-state index contributed by atoms with van der Waals surface area (Å²) in [5.74, 6) is 1.52. The predicted octanol–water partition coefficient (Wildman–Crippen LogP) is 2.82. The van der Waals surface area contributed by atoms with E-state index in [0.717, 1.165) is 24.2 Å². The van der Waals surface area contributed by atoms with Gasteiger partial charge >= 0.3 is 0 Å². The van der Waals surface area contributed by atoms with Gasteiger partial charge in [0.1, 0.15) is 5.76 Å². The molecule has 0 unspecified atom stereocenters. The van der Waals surface area contributed by atoms with Gasteiger partial charge in [-0.3, -0.25) is 4.79 Å². The lowest BCUT2D eigenvalue weighted by atomic mass is 10.1. The molecule has 1 aromatic heterocycles. The van der Waals surface area contributed by atoms with Crippen LogP contribution in [-0.4, -0.2) is 40.1 Å². The van der Waals surface area contributed by atoms with Gasteiger partial charge in [0.25, 0.3) is 5.91 Å². The minimum absolute atomic E-state index is 0.0651. The maximum Gasteiger partial charge on any atom is 0.276 e. The van der Waals surface area contributed by atoms with Crippen LogP contribution in [0.15, 0.2) is 34.7 Å². The normalized spacial score (nSPS) is 19.1. The zero-order valence-corrected chi connectivity index (χ0v) is 12.9. The minimum Gasteiger partial charge on any atom is -0.440 e. The lowest BCUT2D eigenvalue weighted by molar-refractivity contribution is 0.0540. The van der Waals surface area contributed by atoms with Gasteiger partial charge in [0.2, 0.25) is 5.89 Å². The van der Waals surface area contributed by atoms with E-state index in [1.54, 1.807) is 4.90 Å². The standard InChI is InChI=1S/C18H20N2O3/c21-14-8-10-20(11-9-14)18(22)15-16(12-6-7-12)23-17(19-15)13-4-2-1-3-5-13/h1-5,12,14,21H,6-11H2. The Bertz CT molecular complexity index is 698. The molecule has 1 N–H and O–H groups in total. The highest BCUT2D eigenvalue weighted by atomic mass is 16.4. The van der Waals surface area contributed by atoms with Crippen molar-refractivity contribution in [2.75, 3.05) is 13.1 Å². The highest BCUT2D eigenvalue weighted by molar-refractivity contribution is 5.94. The Morgan fingerprint density at radius 3 is 2.48 bits per heavy atom. The molecule has 1 saturated heterocycles. The third-order valence-corrected chi connectivity index (χ3v) is 4.58. The quantitative estimate of drug-likeness (QED) is 0.946. The number of aromatic nitrogens is 1. The number of carbonyl (C=O) groups excluding carboxylic acids is 1. The highest BCUT2D eigenvalue weighted by Gasteiger charge is 2.36. The number of nitrogens with zero attached hydrogens (tertiary/aromatic N) is 2. The molecule has 1 saturated carbocycles. The molecule has 4 rings (SSSR count). The van der Waals surface area contributed by atoms with Gasteiger partial charge in [-0.15, -0.1) is 0 Å². The molecule has 2 heterocycles. The van der Waals surface area contributed by atoms with Crippen LogP contribution in [-0.2, 0) is 0 Å². The van der Waals surface area contributed by atoms with Crippen molar-refractivity contribution in [2.45, 2.75) is 37.7 Å². The number of amides is 1. The average Bonchev–Trinajstić information content (AvgIpc) is 3.34. The number of aliphatic hydroxyl groups excluding tert-OH is 1. The van der Waals surface area contributed by atoms with E-state index < -0.39 is 0 Å². The van der Waals surface area contributed by atoms with Crippen molar-refractivity contribution in [3.63, 3.8) is 0 Å². The van der Waals surface area contributed by atoms with Crippen molar-refractivity contribution in [2.24, 2.45) is 0 Å². The van der Waals surface area contributed by atoms with Gasteiger partial charge in [0.05, 0.1) is 6.10 Å². The summed E-state index contributed by atoms with van der Waals surface area (Å²) in [6.07, 6.45) is 3.09. The maximum atomic E-state index is 12.8. The van der Waals surface area contributed by atoms with Crippen LogP contribution in [0.1, 0.15) is 47.8 Å². The smallest absolute Gasteiger partial charge is 0.276 e. The number of hydrogen-bond acceptors (Lipinski definition) is 4. The summed E-state index contributed by atoms with van der Waals surface area (Å²) in [5, 5.41) is 9.61. The number of hydrogen-bond donors (Lipinski definition) is 1. The summed E-state index contributed by atoms with van der Waals surface area (Å²) in [4.78, 5) is 19.1. The van der Waals surface area contributed by atoms with Crippen LogP contribution < -0.4 is 0 Å². The largest absolute Gasteiger partial charge is 0.440 e. The Morgan fingerprint density at radius 1 is 1.13 bits per heavy atom. The Morgan fingerprint density at radius 2 is 1.83 bits per heavy atom. The molecule has 5 nitrogen and oxygen atoms in total. The van der Waals surface area contributed by atoms with Gasteiger partial charge in [-0.05, 0) is 37.8 Å². The molecular formula is C18H20N2O3. The molecule has 0 bridgehead atoms. The second-order valence-electron chi connectivity index (χ2n) is 6.40. The fraction of sp³-hybridized carbons (Fsp3) is 0.444. The Balaban J connectivity index is 1.64. The van der Waals surface area contributed by atoms with Gasteiger partial charge in [-0.25, -0.2) is 4.98 Å². The van der Waals surface area contributed by atoms with E-state index in [4.69, 9.17) is 4.42 Å². The molecule has 0 spiro atoms. The Kier molecular flexibility index (Phi) is 3.65. The van der Waals surface area contributed by atoms with Crippen LogP contribution in [0.25, 0.3) is 11.5 Å². The van der Waals surface area contributed by atoms with Crippen LogP contribution >= 0.6 is 0 Å². The molecular weight excluding hydrogens is 292 g/mol. The number of aliphatic hydroxyl groups is 1. The summed E-state index contributed by atoms with van der Waals surface area (Å²) in [5.41, 5.74) is 1.35. The third kappa shape index (κ3) is 2.88. The minimum atomic E-state index is -0.292. The van der Waals surface area contributed by atoms with Crippen LogP contribution in [0.4, 0.5) is 0 Å². The Labute approximate surface area is 134 Å². The summed E-state index contributed by atoms with van der Waals surface area (Å²) in [7, 11) is 0. The number of oxazole rings is 1. The van der Waals surface area contributed by atoms with E-state index in [0.29, 0.717) is 43.4 Å². The van der Waals surface area contributed by atoms with Crippen LogP contribution in [0.5, 0.6) is 0 Å². The van der Waals surface area contributed by atoms with Gasteiger partial charge < -0.3 is 14.4 Å². The molecule has 2 aliphatic rings. The molecule has 1 amide bonds. The van der Waals surface area contributed by atoms with Crippen molar-refractivity contribution in [1.82, 2.24) is 9.88 Å². The monoisotopic (exact) mass is 312 g/mol. The van der Waals surface area contributed by atoms with Crippen molar-refractivity contribution in [3.05, 3.63) is 41.8 Å². The van der Waals surface area contributed by atoms with E-state index in [2.05, 4.69) is 4.98 Å². The molecule has 1 aliphatic heterocycles. The van der Waals surface area contributed by atoms with Crippen molar-refractivity contribution < 1.29 is 14.3 Å². The zero-order valence-electron chi connectivity index (χ0n) is 12.9. The van der Waals surface area contributed by atoms with E-state index in [9.17, 15) is 9.90 Å². The van der Waals surface area contributed by atoms with Crippen LogP contribution in [0.2, 0.25) is 0 Å². The number of carbonyl (C=O) groups is 1. The lowest BCUT2D eigenvalue weighted by Gasteiger charge is -2.29. The zero-order chi connectivity index (χ0) is 15.8. The second kappa shape index (κ2) is 5.81. The molecule has 1 aliphatic carbocycles. The summed E-state index contributed by atoms with van der Waals surface area (Å²) >= 11 is 0. The lowest BCUT2D eigenvalue weighted by Crippen LogP contribution is -2.40. The Hall–Kier alpha value is -2.14. The fourth-order valence-corrected chi connectivity index (χ4v) is 3.03.